The number of nitrogens with one attached hydrogen (secondary N) is 1. The molecule has 1 N–H and O–H groups in total. The lowest BCUT2D eigenvalue weighted by Crippen LogP contribution is -2.06. The van der Waals surface area contributed by atoms with E-state index in [4.69, 9.17) is 14.6 Å². The van der Waals surface area contributed by atoms with Gasteiger partial charge in [-0.3, -0.25) is 0 Å². The summed E-state index contributed by atoms with van der Waals surface area (Å²) in [6.45, 7) is 6.82. The molecule has 0 fully saturated rings. The lowest BCUT2D eigenvalue weighted by molar-refractivity contribution is 0.380. The zero-order valence-electron chi connectivity index (χ0n) is 8.44. The van der Waals surface area contributed by atoms with E-state index in [-0.39, 0.29) is 9.76 Å². The minimum absolute atomic E-state index is 0.158. The van der Waals surface area contributed by atoms with Gasteiger partial charge >= 0.3 is 0 Å². The second-order valence-corrected chi connectivity index (χ2v) is 5.45. The van der Waals surface area contributed by atoms with Gasteiger partial charge < -0.3 is 4.43 Å². The molecule has 3 nitrogen and oxygen atoms in total. The Morgan fingerprint density at radius 2 is 1.92 bits per heavy atom. The van der Waals surface area contributed by atoms with Gasteiger partial charge in [0.15, 0.2) is 9.76 Å². The van der Waals surface area contributed by atoms with Gasteiger partial charge in [0, 0.05) is 7.11 Å². The molecule has 72 valence electrons. The van der Waals surface area contributed by atoms with Crippen LogP contribution >= 0.6 is 0 Å². The molecule has 12 heavy (non-hydrogen) atoms. The SMILES string of the molecule is CO[SiH2]CCC(C)(C)C.N=C=O. The van der Waals surface area contributed by atoms with E-state index in [0.717, 1.165) is 6.08 Å². The Labute approximate surface area is 77.0 Å². The first-order valence-electron chi connectivity index (χ1n) is 4.00. The Hall–Kier alpha value is -0.443. The van der Waals surface area contributed by atoms with Gasteiger partial charge in [0.2, 0.25) is 6.08 Å². The van der Waals surface area contributed by atoms with Gasteiger partial charge in [0.05, 0.1) is 0 Å². The highest BCUT2D eigenvalue weighted by Gasteiger charge is 2.08. The lowest BCUT2D eigenvalue weighted by atomic mass is 9.94. The summed E-state index contributed by atoms with van der Waals surface area (Å²) in [4.78, 5) is 8.35. The van der Waals surface area contributed by atoms with Gasteiger partial charge in [-0.1, -0.05) is 20.8 Å². The highest BCUT2D eigenvalue weighted by atomic mass is 28.2. The van der Waals surface area contributed by atoms with Crippen LogP contribution in [0.5, 0.6) is 0 Å². The standard InChI is InChI=1S/C7H18OSi.CHNO/c1-7(2,3)5-6-9-8-4;2-1-3/h5-6,9H2,1-4H3;2H. The van der Waals surface area contributed by atoms with Crippen molar-refractivity contribution >= 4 is 15.8 Å². The van der Waals surface area contributed by atoms with Crippen LogP contribution in [0.4, 0.5) is 0 Å². The molecule has 0 aromatic heterocycles. The average molecular weight is 189 g/mol. The molecular formula is C8H19NO2Si. The molecule has 0 atom stereocenters. The number of hydrogen-bond donors (Lipinski definition) is 1. The van der Waals surface area contributed by atoms with Crippen LogP contribution < -0.4 is 0 Å². The van der Waals surface area contributed by atoms with Crippen LogP contribution in [0.15, 0.2) is 0 Å². The fourth-order valence-corrected chi connectivity index (χ4v) is 2.24. The third kappa shape index (κ3) is 22.7. The van der Waals surface area contributed by atoms with E-state index in [2.05, 4.69) is 20.8 Å². The molecule has 0 saturated heterocycles. The smallest absolute Gasteiger partial charge is 0.231 e. The van der Waals surface area contributed by atoms with Gasteiger partial charge in [-0.2, -0.15) is 0 Å². The van der Waals surface area contributed by atoms with E-state index in [9.17, 15) is 0 Å². The summed E-state index contributed by atoms with van der Waals surface area (Å²) in [6.07, 6.45) is 2.06. The van der Waals surface area contributed by atoms with E-state index in [1.54, 1.807) is 0 Å². The van der Waals surface area contributed by atoms with Crippen molar-refractivity contribution in [1.29, 1.82) is 5.41 Å². The monoisotopic (exact) mass is 189 g/mol. The maximum Gasteiger partial charge on any atom is 0.231 e. The summed E-state index contributed by atoms with van der Waals surface area (Å²) in [7, 11) is 1.66. The lowest BCUT2D eigenvalue weighted by Gasteiger charge is -2.16. The first kappa shape index (κ1) is 14.1. The van der Waals surface area contributed by atoms with E-state index in [1.807, 2.05) is 7.11 Å². The summed E-state index contributed by atoms with van der Waals surface area (Å²) in [5, 5.41) is 5.40. The van der Waals surface area contributed by atoms with Crippen molar-refractivity contribution in [2.24, 2.45) is 5.41 Å². The molecule has 0 saturated carbocycles. The van der Waals surface area contributed by atoms with E-state index in [1.165, 1.54) is 12.5 Å². The largest absolute Gasteiger partial charge is 0.427 e. The predicted octanol–water partition coefficient (Wildman–Crippen LogP) is 1.47. The van der Waals surface area contributed by atoms with Crippen LogP contribution in [-0.2, 0) is 9.22 Å². The van der Waals surface area contributed by atoms with Crippen LogP contribution in [-0.4, -0.2) is 23.0 Å². The zero-order chi connectivity index (χ0) is 10.0. The van der Waals surface area contributed by atoms with Crippen molar-refractivity contribution in [1.82, 2.24) is 0 Å². The number of carbonyl (C=O) groups excluding carboxylic acids is 1. The van der Waals surface area contributed by atoms with Crippen molar-refractivity contribution in [3.63, 3.8) is 0 Å². The minimum atomic E-state index is -0.158. The Bertz CT molecular complexity index is 126. The van der Waals surface area contributed by atoms with Gasteiger partial charge in [-0.25, -0.2) is 10.2 Å². The Balaban J connectivity index is 0. The fourth-order valence-electron chi connectivity index (χ4n) is 0.747. The van der Waals surface area contributed by atoms with Crippen LogP contribution in [0.1, 0.15) is 27.2 Å². The first-order valence-corrected chi connectivity index (χ1v) is 5.58. The molecule has 0 rings (SSSR count). The van der Waals surface area contributed by atoms with Crippen molar-refractivity contribution in [2.75, 3.05) is 7.11 Å². The maximum absolute atomic E-state index is 8.35. The molecular weight excluding hydrogens is 170 g/mol. The Morgan fingerprint density at radius 1 is 1.50 bits per heavy atom. The molecule has 0 radical (unpaired) electrons. The molecule has 0 aromatic carbocycles. The molecule has 0 aliphatic rings. The summed E-state index contributed by atoms with van der Waals surface area (Å²) in [6, 6.07) is 1.32. The van der Waals surface area contributed by atoms with E-state index in [0.29, 0.717) is 5.41 Å². The number of isocyanates is 1. The number of rotatable bonds is 3. The molecule has 0 aliphatic carbocycles. The van der Waals surface area contributed by atoms with Gasteiger partial charge in [0.1, 0.15) is 0 Å². The minimum Gasteiger partial charge on any atom is -0.427 e. The van der Waals surface area contributed by atoms with Crippen molar-refractivity contribution in [3.05, 3.63) is 0 Å². The topological polar surface area (TPSA) is 50.1 Å². The summed E-state index contributed by atoms with van der Waals surface area (Å²) in [5.74, 6) is 0. The molecule has 0 aliphatic heterocycles. The average Bonchev–Trinajstić information content (AvgIpc) is 1.87. The van der Waals surface area contributed by atoms with Crippen LogP contribution in [0, 0.1) is 10.8 Å². The second-order valence-electron chi connectivity index (χ2n) is 3.76. The van der Waals surface area contributed by atoms with Crippen molar-refractivity contribution in [3.8, 4) is 0 Å². The normalized spacial score (nSPS) is 10.7. The molecule has 0 spiro atoms. The van der Waals surface area contributed by atoms with Crippen LogP contribution in [0.2, 0.25) is 6.04 Å². The highest BCUT2D eigenvalue weighted by molar-refractivity contribution is 6.26. The van der Waals surface area contributed by atoms with Gasteiger partial charge in [-0.15, -0.1) is 0 Å². The second kappa shape index (κ2) is 8.65. The quantitative estimate of drug-likeness (QED) is 0.316. The summed E-state index contributed by atoms with van der Waals surface area (Å²) >= 11 is 0. The van der Waals surface area contributed by atoms with E-state index >= 15 is 0 Å². The van der Waals surface area contributed by atoms with Crippen LogP contribution in [0.25, 0.3) is 0 Å². The molecule has 0 heterocycles. The van der Waals surface area contributed by atoms with E-state index < -0.39 is 0 Å². The first-order chi connectivity index (χ1) is 5.47. The molecule has 0 amide bonds. The maximum atomic E-state index is 8.35. The van der Waals surface area contributed by atoms with Crippen molar-refractivity contribution in [2.45, 2.75) is 33.2 Å². The third-order valence-electron chi connectivity index (χ3n) is 1.28. The van der Waals surface area contributed by atoms with Gasteiger partial charge in [-0.05, 0) is 17.9 Å². The summed E-state index contributed by atoms with van der Waals surface area (Å²) in [5.41, 5.74) is 0.505. The number of hydrogen-bond acceptors (Lipinski definition) is 3. The third-order valence-corrected chi connectivity index (χ3v) is 2.33. The Morgan fingerprint density at radius 3 is 2.17 bits per heavy atom. The van der Waals surface area contributed by atoms with Crippen LogP contribution in [0.3, 0.4) is 0 Å². The Kier molecular flexibility index (Phi) is 10.2. The molecule has 0 unspecified atom stereocenters. The molecule has 0 bridgehead atoms. The highest BCUT2D eigenvalue weighted by Crippen LogP contribution is 2.20. The zero-order valence-corrected chi connectivity index (χ0v) is 9.85. The fraction of sp³-hybridized carbons (Fsp3) is 0.875. The molecule has 4 heteroatoms. The molecule has 0 aromatic rings. The summed E-state index contributed by atoms with van der Waals surface area (Å²) < 4.78 is 5.08. The predicted molar refractivity (Wildman–Crippen MR) is 52.8 cm³/mol. The van der Waals surface area contributed by atoms with Crippen molar-refractivity contribution < 1.29 is 9.22 Å². The van der Waals surface area contributed by atoms with Gasteiger partial charge in [0.25, 0.3) is 0 Å².